The Morgan fingerprint density at radius 1 is 0.909 bits per heavy atom. The Morgan fingerprint density at radius 2 is 1.48 bits per heavy atom. The van der Waals surface area contributed by atoms with Gasteiger partial charge in [0.15, 0.2) is 0 Å². The molecule has 1 aliphatic rings. The number of carbonyl (C=O) groups is 4. The van der Waals surface area contributed by atoms with Gasteiger partial charge in [0.2, 0.25) is 11.8 Å². The second-order valence-electron chi connectivity index (χ2n) is 7.94. The van der Waals surface area contributed by atoms with Crippen molar-refractivity contribution < 1.29 is 29.0 Å². The molecule has 2 unspecified atom stereocenters. The summed E-state index contributed by atoms with van der Waals surface area (Å²) in [4.78, 5) is 46.6. The fourth-order valence-electron chi connectivity index (χ4n) is 3.74. The first-order valence-electron chi connectivity index (χ1n) is 10.7. The highest BCUT2D eigenvalue weighted by molar-refractivity contribution is 5.87. The van der Waals surface area contributed by atoms with E-state index in [1.165, 1.54) is 0 Å². The lowest BCUT2D eigenvalue weighted by molar-refractivity contribution is -0.137. The number of alkyl carbamates (subject to hydrolysis) is 1. The zero-order chi connectivity index (χ0) is 24.0. The molecule has 174 valence electrons. The topological polar surface area (TPSA) is 134 Å². The Morgan fingerprint density at radius 3 is 2.06 bits per heavy atom. The molecule has 9 nitrogen and oxygen atoms in total. The summed E-state index contributed by atoms with van der Waals surface area (Å²) >= 11 is 0. The van der Waals surface area contributed by atoms with Crippen LogP contribution in [0.5, 0.6) is 0 Å². The van der Waals surface area contributed by atoms with Gasteiger partial charge in [-0.1, -0.05) is 55.5 Å². The number of benzene rings is 2. The molecule has 0 aromatic heterocycles. The van der Waals surface area contributed by atoms with Gasteiger partial charge in [0.25, 0.3) is 0 Å². The summed E-state index contributed by atoms with van der Waals surface area (Å²) in [7, 11) is 0. The van der Waals surface area contributed by atoms with E-state index in [2.05, 4.69) is 28.1 Å². The first-order chi connectivity index (χ1) is 15.8. The molecule has 2 aromatic carbocycles. The van der Waals surface area contributed by atoms with Crippen molar-refractivity contribution in [1.29, 1.82) is 0 Å². The molecule has 9 heteroatoms. The van der Waals surface area contributed by atoms with Crippen LogP contribution < -0.4 is 16.0 Å². The van der Waals surface area contributed by atoms with Crippen LogP contribution in [0, 0.1) is 5.92 Å². The number of ether oxygens (including phenoxy) is 1. The minimum Gasteiger partial charge on any atom is -0.480 e. The fourth-order valence-corrected chi connectivity index (χ4v) is 3.74. The van der Waals surface area contributed by atoms with E-state index in [0.29, 0.717) is 0 Å². The number of amides is 3. The maximum absolute atomic E-state index is 12.4. The maximum Gasteiger partial charge on any atom is 0.407 e. The third-order valence-corrected chi connectivity index (χ3v) is 5.71. The Hall–Kier alpha value is -3.88. The van der Waals surface area contributed by atoms with E-state index >= 15 is 0 Å². The van der Waals surface area contributed by atoms with Crippen LogP contribution in [0.2, 0.25) is 0 Å². The van der Waals surface area contributed by atoms with Crippen LogP contribution in [0.25, 0.3) is 11.1 Å². The van der Waals surface area contributed by atoms with Crippen molar-refractivity contribution in [2.45, 2.75) is 25.8 Å². The van der Waals surface area contributed by atoms with Crippen LogP contribution >= 0.6 is 0 Å². The average molecular weight is 453 g/mol. The fraction of sp³-hybridized carbons (Fsp3) is 0.333. The van der Waals surface area contributed by atoms with Crippen molar-refractivity contribution in [3.8, 4) is 11.1 Å². The first-order valence-corrected chi connectivity index (χ1v) is 10.7. The van der Waals surface area contributed by atoms with Gasteiger partial charge in [0.05, 0.1) is 12.5 Å². The molecule has 0 fully saturated rings. The summed E-state index contributed by atoms with van der Waals surface area (Å²) < 4.78 is 5.49. The molecule has 3 amide bonds. The van der Waals surface area contributed by atoms with Gasteiger partial charge in [-0.05, 0) is 29.2 Å². The standard InChI is InChI=1S/C24H27N3O6/c1-14(23(31)26-11-21(28)25-12-22(29)30)15(2)27-24(32)33-13-20-18-9-5-3-7-16(18)17-8-4-6-10-19(17)20/h3-10,14-15,20H,11-13H2,1-2H3,(H,25,28)(H,26,31)(H,27,32)(H,29,30). The highest BCUT2D eigenvalue weighted by atomic mass is 16.5. The molecule has 0 spiro atoms. The Labute approximate surface area is 191 Å². The molecule has 3 rings (SSSR count). The summed E-state index contributed by atoms with van der Waals surface area (Å²) in [6.45, 7) is 2.56. The minimum atomic E-state index is -1.18. The number of hydrogen-bond acceptors (Lipinski definition) is 5. The van der Waals surface area contributed by atoms with Gasteiger partial charge in [-0.15, -0.1) is 0 Å². The van der Waals surface area contributed by atoms with Crippen molar-refractivity contribution in [3.63, 3.8) is 0 Å². The molecule has 0 aliphatic heterocycles. The summed E-state index contributed by atoms with van der Waals surface area (Å²) in [5, 5.41) is 15.8. The van der Waals surface area contributed by atoms with Gasteiger partial charge in [0, 0.05) is 12.0 Å². The van der Waals surface area contributed by atoms with Crippen molar-refractivity contribution >= 4 is 23.9 Å². The summed E-state index contributed by atoms with van der Waals surface area (Å²) in [6, 6.07) is 15.5. The van der Waals surface area contributed by atoms with E-state index in [-0.39, 0.29) is 19.1 Å². The van der Waals surface area contributed by atoms with E-state index < -0.39 is 42.4 Å². The highest BCUT2D eigenvalue weighted by Gasteiger charge is 2.29. The van der Waals surface area contributed by atoms with E-state index in [1.54, 1.807) is 13.8 Å². The van der Waals surface area contributed by atoms with Crippen LogP contribution in [0.15, 0.2) is 48.5 Å². The van der Waals surface area contributed by atoms with Crippen molar-refractivity contribution in [2.75, 3.05) is 19.7 Å². The number of nitrogens with one attached hydrogen (secondary N) is 3. The molecular weight excluding hydrogens is 426 g/mol. The molecule has 2 aromatic rings. The molecule has 4 N–H and O–H groups in total. The van der Waals surface area contributed by atoms with Crippen LogP contribution in [0.1, 0.15) is 30.9 Å². The zero-order valence-electron chi connectivity index (χ0n) is 18.5. The lowest BCUT2D eigenvalue weighted by Gasteiger charge is -2.21. The minimum absolute atomic E-state index is 0.0662. The lowest BCUT2D eigenvalue weighted by atomic mass is 9.98. The zero-order valence-corrected chi connectivity index (χ0v) is 18.5. The van der Waals surface area contributed by atoms with Gasteiger partial charge in [0.1, 0.15) is 13.2 Å². The number of carbonyl (C=O) groups excluding carboxylic acids is 3. The Bertz CT molecular complexity index is 1010. The molecule has 0 radical (unpaired) electrons. The molecule has 2 atom stereocenters. The molecule has 1 aliphatic carbocycles. The second kappa shape index (κ2) is 10.6. The summed E-state index contributed by atoms with van der Waals surface area (Å²) in [5.74, 6) is -2.95. The predicted molar refractivity (Wildman–Crippen MR) is 120 cm³/mol. The van der Waals surface area contributed by atoms with Gasteiger partial charge < -0.3 is 25.8 Å². The number of rotatable bonds is 9. The van der Waals surface area contributed by atoms with E-state index in [4.69, 9.17) is 9.84 Å². The van der Waals surface area contributed by atoms with Crippen molar-refractivity contribution in [1.82, 2.24) is 16.0 Å². The number of aliphatic carboxylic acids is 1. The number of fused-ring (bicyclic) bond motifs is 3. The smallest absolute Gasteiger partial charge is 0.407 e. The first kappa shape index (κ1) is 23.8. The van der Waals surface area contributed by atoms with Crippen molar-refractivity contribution in [3.05, 3.63) is 59.7 Å². The third-order valence-electron chi connectivity index (χ3n) is 5.71. The van der Waals surface area contributed by atoms with E-state index in [9.17, 15) is 19.2 Å². The quantitative estimate of drug-likeness (QED) is 0.458. The van der Waals surface area contributed by atoms with Crippen molar-refractivity contribution in [2.24, 2.45) is 5.92 Å². The molecule has 0 saturated carbocycles. The lowest BCUT2D eigenvalue weighted by Crippen LogP contribution is -2.46. The summed E-state index contributed by atoms with van der Waals surface area (Å²) in [6.07, 6.45) is -0.636. The van der Waals surface area contributed by atoms with Gasteiger partial charge in [-0.3, -0.25) is 14.4 Å². The molecular formula is C24H27N3O6. The summed E-state index contributed by atoms with van der Waals surface area (Å²) in [5.41, 5.74) is 4.48. The van der Waals surface area contributed by atoms with Gasteiger partial charge in [-0.25, -0.2) is 4.79 Å². The number of carboxylic acid groups (broad SMARTS) is 1. The second-order valence-corrected chi connectivity index (χ2v) is 7.94. The van der Waals surface area contributed by atoms with Crippen LogP contribution in [-0.4, -0.2) is 54.7 Å². The maximum atomic E-state index is 12.4. The van der Waals surface area contributed by atoms with Crippen LogP contribution in [-0.2, 0) is 19.1 Å². The van der Waals surface area contributed by atoms with E-state index in [0.717, 1.165) is 22.3 Å². The Kier molecular flexibility index (Phi) is 7.66. The van der Waals surface area contributed by atoms with Crippen LogP contribution in [0.3, 0.4) is 0 Å². The average Bonchev–Trinajstić information content (AvgIpc) is 3.13. The predicted octanol–water partition coefficient (Wildman–Crippen LogP) is 1.87. The number of carboxylic acids is 1. The number of hydrogen-bond donors (Lipinski definition) is 4. The molecule has 0 bridgehead atoms. The van der Waals surface area contributed by atoms with Crippen LogP contribution in [0.4, 0.5) is 4.79 Å². The molecule has 33 heavy (non-hydrogen) atoms. The highest BCUT2D eigenvalue weighted by Crippen LogP contribution is 2.44. The van der Waals surface area contributed by atoms with Gasteiger partial charge >= 0.3 is 12.1 Å². The normalized spacial score (nSPS) is 13.8. The molecule has 0 saturated heterocycles. The molecule has 0 heterocycles. The largest absolute Gasteiger partial charge is 0.480 e. The SMILES string of the molecule is CC(NC(=O)OCC1c2ccccc2-c2ccccc21)C(C)C(=O)NCC(=O)NCC(=O)O. The van der Waals surface area contributed by atoms with Gasteiger partial charge in [-0.2, -0.15) is 0 Å². The Balaban J connectivity index is 1.49. The monoisotopic (exact) mass is 453 g/mol. The van der Waals surface area contributed by atoms with E-state index in [1.807, 2.05) is 36.4 Å². The third kappa shape index (κ3) is 5.88.